The van der Waals surface area contributed by atoms with Crippen LogP contribution in [-0.4, -0.2) is 50.3 Å². The van der Waals surface area contributed by atoms with Gasteiger partial charge in [-0.05, 0) is 61.7 Å². The minimum Gasteiger partial charge on any atom is -0.491 e. The van der Waals surface area contributed by atoms with Gasteiger partial charge < -0.3 is 25.0 Å². The summed E-state index contributed by atoms with van der Waals surface area (Å²) < 4.78 is 11.3. The standard InChI is InChI=1S/C24H33N3O3/c1-20-10-13-27(14-11-20)15-12-25-24(28)26-22-7-5-6-21(18-22)19-29-16-17-30-23-8-3-2-4-9-23/h2-9,18,20H,10-17,19H2,1H3,(H2,25,26,28). The molecule has 2 aromatic carbocycles. The second-order valence-corrected chi connectivity index (χ2v) is 7.82. The first-order valence-corrected chi connectivity index (χ1v) is 10.8. The Bertz CT molecular complexity index is 761. The Balaban J connectivity index is 1.30. The largest absolute Gasteiger partial charge is 0.491 e. The van der Waals surface area contributed by atoms with E-state index in [-0.39, 0.29) is 6.03 Å². The minimum absolute atomic E-state index is 0.172. The lowest BCUT2D eigenvalue weighted by Gasteiger charge is -2.30. The Morgan fingerprint density at radius 3 is 2.67 bits per heavy atom. The third-order valence-corrected chi connectivity index (χ3v) is 5.28. The number of nitrogens with zero attached hydrogens (tertiary/aromatic N) is 1. The lowest BCUT2D eigenvalue weighted by Crippen LogP contribution is -2.40. The summed E-state index contributed by atoms with van der Waals surface area (Å²) in [5, 5.41) is 5.85. The number of likely N-dealkylation sites (tertiary alicyclic amines) is 1. The van der Waals surface area contributed by atoms with Crippen LogP contribution in [-0.2, 0) is 11.3 Å². The summed E-state index contributed by atoms with van der Waals surface area (Å²) >= 11 is 0. The molecule has 1 fully saturated rings. The molecule has 0 bridgehead atoms. The van der Waals surface area contributed by atoms with Crippen LogP contribution in [0.5, 0.6) is 5.75 Å². The smallest absolute Gasteiger partial charge is 0.319 e. The Morgan fingerprint density at radius 2 is 1.87 bits per heavy atom. The first kappa shape index (κ1) is 22.1. The van der Waals surface area contributed by atoms with Crippen molar-refractivity contribution in [1.29, 1.82) is 0 Å². The molecule has 0 aromatic heterocycles. The van der Waals surface area contributed by atoms with Gasteiger partial charge in [0, 0.05) is 18.8 Å². The van der Waals surface area contributed by atoms with Crippen LogP contribution in [0, 0.1) is 5.92 Å². The van der Waals surface area contributed by atoms with Gasteiger partial charge in [0.05, 0.1) is 13.2 Å². The van der Waals surface area contributed by atoms with E-state index in [1.165, 1.54) is 12.8 Å². The van der Waals surface area contributed by atoms with Crippen molar-refractivity contribution >= 4 is 11.7 Å². The molecule has 0 atom stereocenters. The summed E-state index contributed by atoms with van der Waals surface area (Å²) in [4.78, 5) is 14.6. The van der Waals surface area contributed by atoms with Gasteiger partial charge >= 0.3 is 6.03 Å². The number of carbonyl (C=O) groups is 1. The zero-order chi connectivity index (χ0) is 21.0. The lowest BCUT2D eigenvalue weighted by molar-refractivity contribution is 0.0889. The molecule has 1 saturated heterocycles. The first-order valence-electron chi connectivity index (χ1n) is 10.8. The van der Waals surface area contributed by atoms with Gasteiger partial charge in [0.2, 0.25) is 0 Å². The topological polar surface area (TPSA) is 62.8 Å². The maximum atomic E-state index is 12.2. The van der Waals surface area contributed by atoms with Crippen LogP contribution in [0.4, 0.5) is 10.5 Å². The van der Waals surface area contributed by atoms with Crippen molar-refractivity contribution in [2.45, 2.75) is 26.4 Å². The number of carbonyl (C=O) groups excluding carboxylic acids is 1. The quantitative estimate of drug-likeness (QED) is 0.577. The molecule has 6 heteroatoms. The van der Waals surface area contributed by atoms with E-state index in [1.54, 1.807) is 0 Å². The number of ether oxygens (including phenoxy) is 2. The molecule has 2 N–H and O–H groups in total. The van der Waals surface area contributed by atoms with E-state index in [4.69, 9.17) is 9.47 Å². The second-order valence-electron chi connectivity index (χ2n) is 7.82. The lowest BCUT2D eigenvalue weighted by atomic mass is 9.99. The minimum atomic E-state index is -0.172. The number of urea groups is 1. The van der Waals surface area contributed by atoms with Crippen LogP contribution in [0.1, 0.15) is 25.3 Å². The van der Waals surface area contributed by atoms with Gasteiger partial charge in [-0.2, -0.15) is 0 Å². The van der Waals surface area contributed by atoms with Gasteiger partial charge in [-0.3, -0.25) is 0 Å². The van der Waals surface area contributed by atoms with Gasteiger partial charge in [0.25, 0.3) is 0 Å². The third-order valence-electron chi connectivity index (χ3n) is 5.28. The highest BCUT2D eigenvalue weighted by atomic mass is 16.5. The molecule has 0 unspecified atom stereocenters. The summed E-state index contributed by atoms with van der Waals surface area (Å²) in [6.07, 6.45) is 2.50. The van der Waals surface area contributed by atoms with Gasteiger partial charge in [-0.25, -0.2) is 4.79 Å². The molecule has 0 aliphatic carbocycles. The summed E-state index contributed by atoms with van der Waals surface area (Å²) in [6, 6.07) is 17.2. The molecule has 2 aromatic rings. The summed E-state index contributed by atoms with van der Waals surface area (Å²) in [5.41, 5.74) is 1.77. The Kier molecular flexibility index (Phi) is 9.00. The number of hydrogen-bond donors (Lipinski definition) is 2. The van der Waals surface area contributed by atoms with E-state index in [2.05, 4.69) is 22.5 Å². The highest BCUT2D eigenvalue weighted by Gasteiger charge is 2.15. The zero-order valence-electron chi connectivity index (χ0n) is 17.8. The fourth-order valence-corrected chi connectivity index (χ4v) is 3.45. The molecular weight excluding hydrogens is 378 g/mol. The van der Waals surface area contributed by atoms with Crippen molar-refractivity contribution in [1.82, 2.24) is 10.2 Å². The Morgan fingerprint density at radius 1 is 1.07 bits per heavy atom. The number of piperidine rings is 1. The molecule has 162 valence electrons. The van der Waals surface area contributed by atoms with Crippen LogP contribution in [0.25, 0.3) is 0 Å². The average Bonchev–Trinajstić information content (AvgIpc) is 2.76. The molecule has 1 aliphatic heterocycles. The van der Waals surface area contributed by atoms with Crippen molar-refractivity contribution in [3.63, 3.8) is 0 Å². The van der Waals surface area contributed by atoms with Crippen LogP contribution >= 0.6 is 0 Å². The highest BCUT2D eigenvalue weighted by molar-refractivity contribution is 5.89. The molecule has 3 rings (SSSR count). The van der Waals surface area contributed by atoms with E-state index in [0.29, 0.717) is 26.4 Å². The molecular formula is C24H33N3O3. The number of nitrogens with one attached hydrogen (secondary N) is 2. The van der Waals surface area contributed by atoms with Crippen LogP contribution in [0.2, 0.25) is 0 Å². The Labute approximate surface area is 179 Å². The third kappa shape index (κ3) is 8.05. The summed E-state index contributed by atoms with van der Waals surface area (Å²) in [5.74, 6) is 1.67. The van der Waals surface area contributed by atoms with E-state index in [1.807, 2.05) is 54.6 Å². The monoisotopic (exact) mass is 411 g/mol. The molecule has 0 radical (unpaired) electrons. The van der Waals surface area contributed by atoms with Crippen molar-refractivity contribution in [2.75, 3.05) is 44.7 Å². The van der Waals surface area contributed by atoms with Gasteiger partial charge in [0.1, 0.15) is 12.4 Å². The summed E-state index contributed by atoms with van der Waals surface area (Å²) in [6.45, 7) is 7.60. The molecule has 0 saturated carbocycles. The van der Waals surface area contributed by atoms with Gasteiger partial charge in [-0.15, -0.1) is 0 Å². The first-order chi connectivity index (χ1) is 14.7. The van der Waals surface area contributed by atoms with Crippen LogP contribution in [0.3, 0.4) is 0 Å². The average molecular weight is 412 g/mol. The highest BCUT2D eigenvalue weighted by Crippen LogP contribution is 2.15. The number of anilines is 1. The molecule has 6 nitrogen and oxygen atoms in total. The van der Waals surface area contributed by atoms with Crippen molar-refractivity contribution in [3.8, 4) is 5.75 Å². The predicted octanol–water partition coefficient (Wildman–Crippen LogP) is 4.14. The maximum Gasteiger partial charge on any atom is 0.319 e. The zero-order valence-corrected chi connectivity index (χ0v) is 17.8. The predicted molar refractivity (Wildman–Crippen MR) is 120 cm³/mol. The van der Waals surface area contributed by atoms with Gasteiger partial charge in [0.15, 0.2) is 0 Å². The normalized spacial score (nSPS) is 15.0. The SMILES string of the molecule is CC1CCN(CCNC(=O)Nc2cccc(COCCOc3ccccc3)c2)CC1. The number of benzene rings is 2. The van der Waals surface area contributed by atoms with Crippen molar-refractivity contribution in [3.05, 3.63) is 60.2 Å². The van der Waals surface area contributed by atoms with Crippen molar-refractivity contribution < 1.29 is 14.3 Å². The molecule has 1 aliphatic rings. The van der Waals surface area contributed by atoms with Gasteiger partial charge in [-0.1, -0.05) is 37.3 Å². The van der Waals surface area contributed by atoms with E-state index in [9.17, 15) is 4.79 Å². The molecule has 1 heterocycles. The molecule has 30 heavy (non-hydrogen) atoms. The molecule has 2 amide bonds. The molecule has 0 spiro atoms. The second kappa shape index (κ2) is 12.2. The number of rotatable bonds is 10. The fraction of sp³-hybridized carbons (Fsp3) is 0.458. The van der Waals surface area contributed by atoms with Crippen LogP contribution in [0.15, 0.2) is 54.6 Å². The maximum absolute atomic E-state index is 12.2. The number of hydrogen-bond acceptors (Lipinski definition) is 4. The van der Waals surface area contributed by atoms with E-state index < -0.39 is 0 Å². The number of para-hydroxylation sites is 1. The fourth-order valence-electron chi connectivity index (χ4n) is 3.45. The van der Waals surface area contributed by atoms with E-state index >= 15 is 0 Å². The van der Waals surface area contributed by atoms with E-state index in [0.717, 1.165) is 42.6 Å². The van der Waals surface area contributed by atoms with Crippen molar-refractivity contribution in [2.24, 2.45) is 5.92 Å². The summed E-state index contributed by atoms with van der Waals surface area (Å²) in [7, 11) is 0. The Hall–Kier alpha value is -2.57. The van der Waals surface area contributed by atoms with Crippen LogP contribution < -0.4 is 15.4 Å². The number of amides is 2.